The molecule has 0 radical (unpaired) electrons. The van der Waals surface area contributed by atoms with Crippen molar-refractivity contribution < 1.29 is 19.5 Å². The Morgan fingerprint density at radius 2 is 1.77 bits per heavy atom. The van der Waals surface area contributed by atoms with E-state index < -0.39 is 12.0 Å². The fourth-order valence-electron chi connectivity index (χ4n) is 2.59. The van der Waals surface area contributed by atoms with E-state index in [1.54, 1.807) is 24.7 Å². The molecule has 0 bridgehead atoms. The second-order valence-electron chi connectivity index (χ2n) is 6.01. The first-order valence-corrected chi connectivity index (χ1v) is 8.56. The van der Waals surface area contributed by atoms with E-state index in [4.69, 9.17) is 9.94 Å². The van der Waals surface area contributed by atoms with Crippen LogP contribution in [0, 0.1) is 0 Å². The van der Waals surface area contributed by atoms with E-state index in [2.05, 4.69) is 0 Å². The standard InChI is InChI=1S/C20H24N2O4/c1-3-7-18(16-12-10-15(11-13-16)14-19(23)21-25)26-20(24)22(2)17-8-5-4-6-9-17/h4-6,8-13,18,25H,3,7,14H2,1-2H3,(H,21,23). The first-order valence-electron chi connectivity index (χ1n) is 8.56. The molecule has 0 aromatic heterocycles. The van der Waals surface area contributed by atoms with Crippen molar-refractivity contribution >= 4 is 17.7 Å². The number of nitrogens with one attached hydrogen (secondary N) is 1. The van der Waals surface area contributed by atoms with Gasteiger partial charge in [0.25, 0.3) is 0 Å². The topological polar surface area (TPSA) is 78.9 Å². The number of hydrogen-bond acceptors (Lipinski definition) is 4. The van der Waals surface area contributed by atoms with Crippen LogP contribution in [0.3, 0.4) is 0 Å². The Labute approximate surface area is 153 Å². The van der Waals surface area contributed by atoms with E-state index in [0.29, 0.717) is 6.42 Å². The molecule has 26 heavy (non-hydrogen) atoms. The number of hydrogen-bond donors (Lipinski definition) is 2. The summed E-state index contributed by atoms with van der Waals surface area (Å²) < 4.78 is 5.70. The third kappa shape index (κ3) is 5.32. The van der Waals surface area contributed by atoms with Crippen molar-refractivity contribution in [2.75, 3.05) is 11.9 Å². The van der Waals surface area contributed by atoms with Crippen LogP contribution in [0.5, 0.6) is 0 Å². The number of hydroxylamine groups is 1. The van der Waals surface area contributed by atoms with Crippen molar-refractivity contribution in [1.29, 1.82) is 0 Å². The van der Waals surface area contributed by atoms with E-state index in [1.165, 1.54) is 4.90 Å². The molecule has 6 nitrogen and oxygen atoms in total. The molecule has 0 saturated carbocycles. The summed E-state index contributed by atoms with van der Waals surface area (Å²) in [6.45, 7) is 2.03. The average Bonchev–Trinajstić information content (AvgIpc) is 2.68. The fourth-order valence-corrected chi connectivity index (χ4v) is 2.59. The van der Waals surface area contributed by atoms with Gasteiger partial charge in [0.1, 0.15) is 6.10 Å². The van der Waals surface area contributed by atoms with Gasteiger partial charge in [0, 0.05) is 12.7 Å². The van der Waals surface area contributed by atoms with Crippen LogP contribution in [0.4, 0.5) is 10.5 Å². The lowest BCUT2D eigenvalue weighted by Crippen LogP contribution is -2.28. The van der Waals surface area contributed by atoms with Gasteiger partial charge in [-0.2, -0.15) is 0 Å². The molecule has 138 valence electrons. The molecule has 2 aromatic rings. The highest BCUT2D eigenvalue weighted by atomic mass is 16.6. The van der Waals surface area contributed by atoms with Crippen LogP contribution in [0.25, 0.3) is 0 Å². The first kappa shape index (κ1) is 19.5. The zero-order valence-electron chi connectivity index (χ0n) is 15.0. The molecule has 0 saturated heterocycles. The van der Waals surface area contributed by atoms with Crippen molar-refractivity contribution in [3.05, 3.63) is 65.7 Å². The minimum absolute atomic E-state index is 0.0890. The van der Waals surface area contributed by atoms with E-state index >= 15 is 0 Å². The number of rotatable bonds is 7. The van der Waals surface area contributed by atoms with Crippen LogP contribution in [-0.2, 0) is 16.0 Å². The maximum absolute atomic E-state index is 12.5. The Bertz CT molecular complexity index is 716. The number of para-hydroxylation sites is 1. The molecule has 6 heteroatoms. The molecule has 0 fully saturated rings. The monoisotopic (exact) mass is 356 g/mol. The SMILES string of the molecule is CCCC(OC(=O)N(C)c1ccccc1)c1ccc(CC(=O)NO)cc1. The van der Waals surface area contributed by atoms with Gasteiger partial charge >= 0.3 is 6.09 Å². The quantitative estimate of drug-likeness (QED) is 0.583. The zero-order chi connectivity index (χ0) is 18.9. The molecule has 2 N–H and O–H groups in total. The van der Waals surface area contributed by atoms with E-state index in [-0.39, 0.29) is 12.5 Å². The summed E-state index contributed by atoms with van der Waals surface area (Å²) in [4.78, 5) is 25.2. The van der Waals surface area contributed by atoms with Crippen LogP contribution in [0.15, 0.2) is 54.6 Å². The molecular formula is C20H24N2O4. The molecule has 0 spiro atoms. The van der Waals surface area contributed by atoms with E-state index in [0.717, 1.165) is 23.2 Å². The average molecular weight is 356 g/mol. The summed E-state index contributed by atoms with van der Waals surface area (Å²) in [5, 5.41) is 8.59. The lowest BCUT2D eigenvalue weighted by atomic mass is 10.0. The van der Waals surface area contributed by atoms with Crippen LogP contribution < -0.4 is 10.4 Å². The van der Waals surface area contributed by atoms with Crippen molar-refractivity contribution in [2.45, 2.75) is 32.3 Å². The third-order valence-corrected chi connectivity index (χ3v) is 4.05. The molecule has 0 aliphatic heterocycles. The van der Waals surface area contributed by atoms with Crippen molar-refractivity contribution in [3.8, 4) is 0 Å². The Morgan fingerprint density at radius 3 is 2.35 bits per heavy atom. The summed E-state index contributed by atoms with van der Waals surface area (Å²) in [5.41, 5.74) is 4.01. The Balaban J connectivity index is 2.08. The molecule has 1 unspecified atom stereocenters. The van der Waals surface area contributed by atoms with Gasteiger partial charge in [-0.3, -0.25) is 14.9 Å². The van der Waals surface area contributed by atoms with Crippen LogP contribution in [0.1, 0.15) is 37.0 Å². The number of benzene rings is 2. The van der Waals surface area contributed by atoms with Gasteiger partial charge in [0.15, 0.2) is 0 Å². The largest absolute Gasteiger partial charge is 0.441 e. The minimum atomic E-state index is -0.473. The predicted octanol–water partition coefficient (Wildman–Crippen LogP) is 3.85. The van der Waals surface area contributed by atoms with Crippen molar-refractivity contribution in [1.82, 2.24) is 5.48 Å². The molecule has 0 aliphatic rings. The van der Waals surface area contributed by atoms with Gasteiger partial charge in [-0.25, -0.2) is 10.3 Å². The molecule has 2 amide bonds. The van der Waals surface area contributed by atoms with Gasteiger partial charge in [-0.1, -0.05) is 55.8 Å². The fraction of sp³-hybridized carbons (Fsp3) is 0.300. The Kier molecular flexibility index (Phi) is 7.17. The van der Waals surface area contributed by atoms with Crippen LogP contribution >= 0.6 is 0 Å². The molecule has 0 heterocycles. The first-order chi connectivity index (χ1) is 12.5. The lowest BCUT2D eigenvalue weighted by molar-refractivity contribution is -0.128. The smallest absolute Gasteiger partial charge is 0.414 e. The molecular weight excluding hydrogens is 332 g/mol. The number of anilines is 1. The van der Waals surface area contributed by atoms with Gasteiger partial charge in [-0.05, 0) is 29.7 Å². The normalized spacial score (nSPS) is 11.5. The van der Waals surface area contributed by atoms with E-state index in [9.17, 15) is 9.59 Å². The van der Waals surface area contributed by atoms with Crippen LogP contribution in [-0.4, -0.2) is 24.3 Å². The number of carbonyl (C=O) groups is 2. The molecule has 2 aromatic carbocycles. The minimum Gasteiger partial charge on any atom is -0.441 e. The van der Waals surface area contributed by atoms with Crippen molar-refractivity contribution in [3.63, 3.8) is 0 Å². The highest BCUT2D eigenvalue weighted by Gasteiger charge is 2.20. The highest BCUT2D eigenvalue weighted by molar-refractivity contribution is 5.87. The van der Waals surface area contributed by atoms with Gasteiger partial charge in [0.2, 0.25) is 5.91 Å². The Hall–Kier alpha value is -2.86. The number of amides is 2. The summed E-state index contributed by atoms with van der Waals surface area (Å²) in [6.07, 6.45) is 0.871. The third-order valence-electron chi connectivity index (χ3n) is 4.05. The summed E-state index contributed by atoms with van der Waals surface area (Å²) in [7, 11) is 1.68. The lowest BCUT2D eigenvalue weighted by Gasteiger charge is -2.23. The second kappa shape index (κ2) is 9.58. The van der Waals surface area contributed by atoms with Crippen molar-refractivity contribution in [2.24, 2.45) is 0 Å². The molecule has 0 aliphatic carbocycles. The van der Waals surface area contributed by atoms with Gasteiger partial charge in [0.05, 0.1) is 6.42 Å². The summed E-state index contributed by atoms with van der Waals surface area (Å²) in [6, 6.07) is 16.6. The Morgan fingerprint density at radius 1 is 1.12 bits per heavy atom. The maximum Gasteiger partial charge on any atom is 0.414 e. The van der Waals surface area contributed by atoms with Crippen LogP contribution in [0.2, 0.25) is 0 Å². The number of carbonyl (C=O) groups excluding carboxylic acids is 2. The van der Waals surface area contributed by atoms with E-state index in [1.807, 2.05) is 49.4 Å². The highest BCUT2D eigenvalue weighted by Crippen LogP contribution is 2.25. The summed E-state index contributed by atoms with van der Waals surface area (Å²) >= 11 is 0. The molecule has 1 atom stereocenters. The number of ether oxygens (including phenoxy) is 1. The summed E-state index contributed by atoms with van der Waals surface area (Å²) in [5.74, 6) is -0.473. The molecule has 2 rings (SSSR count). The predicted molar refractivity (Wildman–Crippen MR) is 99.1 cm³/mol. The maximum atomic E-state index is 12.5. The van der Waals surface area contributed by atoms with Gasteiger partial charge < -0.3 is 4.74 Å². The second-order valence-corrected chi connectivity index (χ2v) is 6.01. The zero-order valence-corrected chi connectivity index (χ0v) is 15.0. The van der Waals surface area contributed by atoms with Gasteiger partial charge in [-0.15, -0.1) is 0 Å². The number of nitrogens with zero attached hydrogens (tertiary/aromatic N) is 1.